The Bertz CT molecular complexity index is 1910. The standard InChI is InChI=1S/C28H25ClN4O4.C8H6Cl2O2/c29-21-6-2-1-5-20(21)16-35-28(34)33-13-10-18(11-14-33)27-31-25(26(32-27)22-7-3-4-12-30-22)19-8-9-23-24(15-19)37-17-36-23;9-7-4-2-1-3-6(7)5-12-8(10)11/h1-9,12,15,18H,10-11,13-14,16-17H2,(H,31,32);1-4H,5H2. The Kier molecular flexibility index (Phi) is 11.2. The second-order valence-electron chi connectivity index (χ2n) is 11.2. The van der Waals surface area contributed by atoms with Crippen LogP contribution >= 0.6 is 34.8 Å². The van der Waals surface area contributed by atoms with Crippen LogP contribution in [0.4, 0.5) is 9.59 Å². The molecule has 1 amide bonds. The van der Waals surface area contributed by atoms with Gasteiger partial charge in [0.05, 0.1) is 17.1 Å². The van der Waals surface area contributed by atoms with Crippen molar-refractivity contribution in [3.63, 3.8) is 0 Å². The summed E-state index contributed by atoms with van der Waals surface area (Å²) in [7, 11) is 0. The third-order valence-corrected chi connectivity index (χ3v) is 8.88. The molecule has 0 atom stereocenters. The van der Waals surface area contributed by atoms with E-state index in [1.807, 2.05) is 60.7 Å². The summed E-state index contributed by atoms with van der Waals surface area (Å²) in [5.74, 6) is 2.50. The zero-order valence-electron chi connectivity index (χ0n) is 26.1. The number of nitrogens with one attached hydrogen (secondary N) is 1. The zero-order valence-corrected chi connectivity index (χ0v) is 28.4. The van der Waals surface area contributed by atoms with Crippen molar-refractivity contribution < 1.29 is 28.5 Å². The number of pyridine rings is 1. The fraction of sp³-hybridized carbons (Fsp3) is 0.222. The molecule has 4 heterocycles. The molecule has 0 saturated carbocycles. The highest BCUT2D eigenvalue weighted by molar-refractivity contribution is 6.61. The van der Waals surface area contributed by atoms with E-state index in [1.165, 1.54) is 0 Å². The molecule has 2 aromatic heterocycles. The number of aromatic amines is 1. The lowest BCUT2D eigenvalue weighted by atomic mass is 9.96. The van der Waals surface area contributed by atoms with Gasteiger partial charge in [0.1, 0.15) is 19.0 Å². The maximum absolute atomic E-state index is 12.7. The van der Waals surface area contributed by atoms with Crippen molar-refractivity contribution in [3.05, 3.63) is 118 Å². The topological polar surface area (TPSA) is 116 Å². The van der Waals surface area contributed by atoms with Crippen LogP contribution in [0, 0.1) is 0 Å². The predicted octanol–water partition coefficient (Wildman–Crippen LogP) is 9.25. The van der Waals surface area contributed by atoms with Gasteiger partial charge >= 0.3 is 11.5 Å². The molecule has 7 rings (SSSR count). The molecule has 13 heteroatoms. The van der Waals surface area contributed by atoms with Crippen molar-refractivity contribution >= 4 is 46.3 Å². The van der Waals surface area contributed by atoms with Gasteiger partial charge in [0.2, 0.25) is 6.79 Å². The predicted molar refractivity (Wildman–Crippen MR) is 186 cm³/mol. The van der Waals surface area contributed by atoms with Gasteiger partial charge in [-0.3, -0.25) is 4.98 Å². The fourth-order valence-corrected chi connectivity index (χ4v) is 5.90. The number of hydrogen-bond donors (Lipinski definition) is 1. The van der Waals surface area contributed by atoms with E-state index in [0.29, 0.717) is 28.9 Å². The van der Waals surface area contributed by atoms with Gasteiger partial charge in [-0.2, -0.15) is 0 Å². The second kappa shape index (κ2) is 16.1. The minimum atomic E-state index is -0.824. The van der Waals surface area contributed by atoms with E-state index in [0.717, 1.165) is 58.2 Å². The molecule has 0 radical (unpaired) electrons. The molecule has 3 aromatic carbocycles. The van der Waals surface area contributed by atoms with Crippen LogP contribution in [0.15, 0.2) is 91.1 Å². The molecule has 0 spiro atoms. The van der Waals surface area contributed by atoms with Gasteiger partial charge in [-0.15, -0.1) is 0 Å². The zero-order chi connectivity index (χ0) is 34.2. The Hall–Kier alpha value is -4.77. The summed E-state index contributed by atoms with van der Waals surface area (Å²) in [5.41, 5.74) is 4.12. The Morgan fingerprint density at radius 3 is 2.14 bits per heavy atom. The molecule has 1 saturated heterocycles. The van der Waals surface area contributed by atoms with Gasteiger partial charge < -0.3 is 28.8 Å². The first kappa shape index (κ1) is 34.1. The summed E-state index contributed by atoms with van der Waals surface area (Å²) in [5, 5.41) is 1.16. The number of aromatic nitrogens is 3. The van der Waals surface area contributed by atoms with Crippen LogP contribution in [0.1, 0.15) is 35.7 Å². The van der Waals surface area contributed by atoms with Gasteiger partial charge in [-0.25, -0.2) is 14.6 Å². The first-order valence-electron chi connectivity index (χ1n) is 15.5. The largest absolute Gasteiger partial charge is 0.454 e. The number of carbonyl (C=O) groups excluding carboxylic acids is 2. The third-order valence-electron chi connectivity index (χ3n) is 8.04. The van der Waals surface area contributed by atoms with Crippen molar-refractivity contribution in [3.8, 4) is 34.1 Å². The van der Waals surface area contributed by atoms with Crippen LogP contribution in [0.25, 0.3) is 22.6 Å². The SMILES string of the molecule is O=C(Cl)OCc1ccccc1Cl.O=C(OCc1ccccc1Cl)N1CCC(c2nc(-c3ccc4c(c3)OCO4)c(-c3ccccn3)[nH]2)CC1. The van der Waals surface area contributed by atoms with Crippen molar-refractivity contribution in [1.82, 2.24) is 19.9 Å². The molecule has 2 aliphatic heterocycles. The van der Waals surface area contributed by atoms with E-state index in [9.17, 15) is 9.59 Å². The van der Waals surface area contributed by atoms with Crippen molar-refractivity contribution in [2.24, 2.45) is 0 Å². The number of hydrogen-bond acceptors (Lipinski definition) is 8. The number of likely N-dealkylation sites (tertiary alicyclic amines) is 1. The minimum absolute atomic E-state index is 0.113. The van der Waals surface area contributed by atoms with Crippen LogP contribution in [0.2, 0.25) is 10.0 Å². The van der Waals surface area contributed by atoms with Crippen LogP contribution in [-0.4, -0.2) is 51.3 Å². The van der Waals surface area contributed by atoms with Gasteiger partial charge in [-0.1, -0.05) is 65.7 Å². The Balaban J connectivity index is 0.000000295. The molecule has 49 heavy (non-hydrogen) atoms. The Labute approximate surface area is 297 Å². The van der Waals surface area contributed by atoms with E-state index in [-0.39, 0.29) is 32.0 Å². The van der Waals surface area contributed by atoms with Crippen LogP contribution in [0.3, 0.4) is 0 Å². The summed E-state index contributed by atoms with van der Waals surface area (Å²) in [6.07, 6.45) is 2.99. The number of halogens is 3. The molecule has 1 fully saturated rings. The second-order valence-corrected chi connectivity index (χ2v) is 12.3. The average Bonchev–Trinajstić information content (AvgIpc) is 3.79. The normalized spacial score (nSPS) is 13.7. The van der Waals surface area contributed by atoms with Crippen LogP contribution in [0.5, 0.6) is 11.5 Å². The van der Waals surface area contributed by atoms with Crippen molar-refractivity contribution in [2.75, 3.05) is 19.9 Å². The highest BCUT2D eigenvalue weighted by atomic mass is 35.5. The molecule has 2 aliphatic rings. The van der Waals surface area contributed by atoms with Gasteiger partial charge in [0, 0.05) is 63.5 Å². The number of benzene rings is 3. The first-order valence-corrected chi connectivity index (χ1v) is 16.6. The summed E-state index contributed by atoms with van der Waals surface area (Å²) < 4.78 is 21.1. The van der Waals surface area contributed by atoms with E-state index >= 15 is 0 Å². The monoisotopic (exact) mass is 720 g/mol. The summed E-state index contributed by atoms with van der Waals surface area (Å²) >= 11 is 16.9. The lowest BCUT2D eigenvalue weighted by molar-refractivity contribution is 0.0867. The third kappa shape index (κ3) is 8.64. The number of carbonyl (C=O) groups is 2. The fourth-order valence-electron chi connectivity index (χ4n) is 5.47. The van der Waals surface area contributed by atoms with Crippen molar-refractivity contribution in [1.29, 1.82) is 0 Å². The summed E-state index contributed by atoms with van der Waals surface area (Å²) in [4.78, 5) is 37.7. The number of amides is 1. The molecule has 10 nitrogen and oxygen atoms in total. The van der Waals surface area contributed by atoms with Gasteiger partial charge in [-0.05, 0) is 55.3 Å². The summed E-state index contributed by atoms with van der Waals surface area (Å²) in [6, 6.07) is 26.1. The van der Waals surface area contributed by atoms with Crippen LogP contribution in [-0.2, 0) is 22.7 Å². The number of fused-ring (bicyclic) bond motifs is 1. The average molecular weight is 722 g/mol. The molecule has 0 unspecified atom stereocenters. The van der Waals surface area contributed by atoms with E-state index in [1.54, 1.807) is 35.4 Å². The highest BCUT2D eigenvalue weighted by Crippen LogP contribution is 2.39. The number of H-pyrrole nitrogens is 1. The number of nitrogens with zero attached hydrogens (tertiary/aromatic N) is 3. The Morgan fingerprint density at radius 1 is 0.837 bits per heavy atom. The van der Waals surface area contributed by atoms with E-state index < -0.39 is 5.43 Å². The molecule has 5 aromatic rings. The lowest BCUT2D eigenvalue weighted by Crippen LogP contribution is -2.38. The molecule has 0 bridgehead atoms. The molecule has 0 aliphatic carbocycles. The smallest absolute Gasteiger partial charge is 0.410 e. The molecular formula is C36H31Cl3N4O6. The number of rotatable bonds is 7. The first-order chi connectivity index (χ1) is 23.9. The number of imidazole rings is 1. The quantitative estimate of drug-likeness (QED) is 0.165. The van der Waals surface area contributed by atoms with Crippen LogP contribution < -0.4 is 9.47 Å². The highest BCUT2D eigenvalue weighted by Gasteiger charge is 2.28. The van der Waals surface area contributed by atoms with E-state index in [2.05, 4.69) is 14.7 Å². The molecule has 1 N–H and O–H groups in total. The maximum Gasteiger partial charge on any atom is 0.410 e. The number of ether oxygens (including phenoxy) is 4. The lowest BCUT2D eigenvalue weighted by Gasteiger charge is -2.30. The molecule has 252 valence electrons. The molecular weight excluding hydrogens is 691 g/mol. The maximum atomic E-state index is 12.7. The Morgan fingerprint density at radius 2 is 1.49 bits per heavy atom. The minimum Gasteiger partial charge on any atom is -0.454 e. The van der Waals surface area contributed by atoms with Gasteiger partial charge in [0.15, 0.2) is 11.5 Å². The van der Waals surface area contributed by atoms with E-state index in [4.69, 9.17) is 54.0 Å². The number of piperidine rings is 1. The van der Waals surface area contributed by atoms with Gasteiger partial charge in [0.25, 0.3) is 0 Å². The van der Waals surface area contributed by atoms with Crippen molar-refractivity contribution in [2.45, 2.75) is 32.0 Å². The summed E-state index contributed by atoms with van der Waals surface area (Å²) in [6.45, 7) is 1.66.